The van der Waals surface area contributed by atoms with Gasteiger partial charge in [0.05, 0.1) is 4.90 Å². The van der Waals surface area contributed by atoms with Gasteiger partial charge in [-0.05, 0) is 31.2 Å². The molecule has 1 unspecified atom stereocenters. The van der Waals surface area contributed by atoms with Crippen molar-refractivity contribution in [1.29, 1.82) is 0 Å². The second-order valence-electron chi connectivity index (χ2n) is 4.13. The third-order valence-corrected chi connectivity index (χ3v) is 5.42. The lowest BCUT2D eigenvalue weighted by Gasteiger charge is -2.23. The normalized spacial score (nSPS) is 19.8. The molecule has 2 rings (SSSR count). The monoisotopic (exact) mass is 354 g/mol. The number of halogens is 2. The molecule has 102 valence electrons. The molecule has 0 bridgehead atoms. The highest BCUT2D eigenvalue weighted by Gasteiger charge is 2.29. The lowest BCUT2D eigenvalue weighted by Crippen LogP contribution is -2.38. The number of nitrogens with one attached hydrogen (secondary N) is 1. The van der Waals surface area contributed by atoms with E-state index in [1.165, 1.54) is 4.31 Å². The Balaban J connectivity index is 0.00000162. The summed E-state index contributed by atoms with van der Waals surface area (Å²) in [6.45, 7) is 1.60. The van der Waals surface area contributed by atoms with Crippen molar-refractivity contribution in [3.05, 3.63) is 28.7 Å². The largest absolute Gasteiger partial charge is 0.315 e. The minimum Gasteiger partial charge on any atom is -0.315 e. The first-order valence-corrected chi connectivity index (χ1v) is 7.69. The van der Waals surface area contributed by atoms with Crippen molar-refractivity contribution < 1.29 is 8.42 Å². The average molecular weight is 356 g/mol. The number of rotatable bonds is 3. The van der Waals surface area contributed by atoms with Gasteiger partial charge >= 0.3 is 0 Å². The van der Waals surface area contributed by atoms with E-state index < -0.39 is 10.0 Å². The maximum absolute atomic E-state index is 12.3. The summed E-state index contributed by atoms with van der Waals surface area (Å²) in [4.78, 5) is 0.335. The fourth-order valence-electron chi connectivity index (χ4n) is 1.94. The van der Waals surface area contributed by atoms with Gasteiger partial charge in [-0.15, -0.1) is 12.4 Å². The molecule has 1 atom stereocenters. The molecular weight excluding hydrogens is 340 g/mol. The lowest BCUT2D eigenvalue weighted by molar-refractivity contribution is 0.387. The molecule has 0 radical (unpaired) electrons. The molecule has 1 N–H and O–H groups in total. The van der Waals surface area contributed by atoms with E-state index in [2.05, 4.69) is 21.2 Å². The Morgan fingerprint density at radius 2 is 2.17 bits per heavy atom. The highest BCUT2D eigenvalue weighted by atomic mass is 79.9. The summed E-state index contributed by atoms with van der Waals surface area (Å²) in [7, 11) is -1.73. The highest BCUT2D eigenvalue weighted by Crippen LogP contribution is 2.22. The molecule has 0 saturated carbocycles. The fraction of sp³-hybridized carbons (Fsp3) is 0.455. The molecule has 1 aliphatic heterocycles. The van der Waals surface area contributed by atoms with E-state index in [1.807, 2.05) is 6.07 Å². The van der Waals surface area contributed by atoms with Crippen LogP contribution in [0.1, 0.15) is 6.42 Å². The van der Waals surface area contributed by atoms with Gasteiger partial charge in [0.25, 0.3) is 0 Å². The average Bonchev–Trinajstić information content (AvgIpc) is 2.81. The van der Waals surface area contributed by atoms with E-state index in [-0.39, 0.29) is 18.4 Å². The van der Waals surface area contributed by atoms with E-state index in [0.29, 0.717) is 4.90 Å². The Hall–Kier alpha value is -0.140. The third kappa shape index (κ3) is 3.24. The van der Waals surface area contributed by atoms with Crippen molar-refractivity contribution >= 4 is 38.4 Å². The molecule has 7 heteroatoms. The van der Waals surface area contributed by atoms with Crippen LogP contribution in [0.4, 0.5) is 0 Å². The smallest absolute Gasteiger partial charge is 0.243 e. The van der Waals surface area contributed by atoms with E-state index in [1.54, 1.807) is 25.2 Å². The Bertz CT molecular complexity index is 504. The van der Waals surface area contributed by atoms with Crippen LogP contribution in [0.5, 0.6) is 0 Å². The second kappa shape index (κ2) is 6.34. The van der Waals surface area contributed by atoms with Gasteiger partial charge in [0.2, 0.25) is 10.0 Å². The molecule has 18 heavy (non-hydrogen) atoms. The molecule has 1 heterocycles. The van der Waals surface area contributed by atoms with E-state index in [9.17, 15) is 8.42 Å². The predicted molar refractivity (Wildman–Crippen MR) is 77.6 cm³/mol. The first-order chi connectivity index (χ1) is 8.01. The Labute approximate surface area is 122 Å². The van der Waals surface area contributed by atoms with Crippen molar-refractivity contribution in [2.75, 3.05) is 20.1 Å². The maximum Gasteiger partial charge on any atom is 0.243 e. The molecule has 0 amide bonds. The summed E-state index contributed by atoms with van der Waals surface area (Å²) in [5.41, 5.74) is 0. The zero-order chi connectivity index (χ0) is 12.5. The Kier molecular flexibility index (Phi) is 5.61. The molecular formula is C11H16BrClN2O2S. The number of sulfonamides is 1. The number of hydrogen-bond acceptors (Lipinski definition) is 3. The number of hydrogen-bond donors (Lipinski definition) is 1. The maximum atomic E-state index is 12.3. The molecule has 1 aromatic carbocycles. The van der Waals surface area contributed by atoms with Gasteiger partial charge in [-0.2, -0.15) is 4.31 Å². The van der Waals surface area contributed by atoms with Crippen molar-refractivity contribution in [2.24, 2.45) is 0 Å². The van der Waals surface area contributed by atoms with Crippen molar-refractivity contribution in [2.45, 2.75) is 17.4 Å². The topological polar surface area (TPSA) is 49.4 Å². The molecule has 1 saturated heterocycles. The van der Waals surface area contributed by atoms with Crippen molar-refractivity contribution in [3.63, 3.8) is 0 Å². The SMILES string of the molecule is CN(C1CCNC1)S(=O)(=O)c1cccc(Br)c1.Cl. The number of likely N-dealkylation sites (N-methyl/N-ethyl adjacent to an activating group) is 1. The number of nitrogens with zero attached hydrogens (tertiary/aromatic N) is 1. The van der Waals surface area contributed by atoms with Gasteiger partial charge < -0.3 is 5.32 Å². The Morgan fingerprint density at radius 1 is 1.44 bits per heavy atom. The summed E-state index contributed by atoms with van der Waals surface area (Å²) in [6, 6.07) is 6.86. The fourth-order valence-corrected chi connectivity index (χ4v) is 3.92. The minimum atomic E-state index is -3.38. The quantitative estimate of drug-likeness (QED) is 0.900. The summed E-state index contributed by atoms with van der Waals surface area (Å²) in [5, 5.41) is 3.17. The second-order valence-corrected chi connectivity index (χ2v) is 7.04. The van der Waals surface area contributed by atoms with Gasteiger partial charge in [-0.1, -0.05) is 22.0 Å². The molecule has 0 aromatic heterocycles. The standard InChI is InChI=1S/C11H15BrN2O2S.ClH/c1-14(10-5-6-13-8-10)17(15,16)11-4-2-3-9(12)7-11;/h2-4,7,10,13H,5-6,8H2,1H3;1H. The van der Waals surface area contributed by atoms with Crippen LogP contribution in [0.3, 0.4) is 0 Å². The van der Waals surface area contributed by atoms with Gasteiger partial charge in [-0.25, -0.2) is 8.42 Å². The van der Waals surface area contributed by atoms with Gasteiger partial charge in [0.15, 0.2) is 0 Å². The predicted octanol–water partition coefficient (Wildman–Crippen LogP) is 1.85. The van der Waals surface area contributed by atoms with Crippen LogP contribution in [-0.2, 0) is 10.0 Å². The van der Waals surface area contributed by atoms with Gasteiger partial charge in [-0.3, -0.25) is 0 Å². The van der Waals surface area contributed by atoms with Crippen molar-refractivity contribution in [3.8, 4) is 0 Å². The van der Waals surface area contributed by atoms with E-state index in [4.69, 9.17) is 0 Å². The minimum absolute atomic E-state index is 0. The summed E-state index contributed by atoms with van der Waals surface area (Å²) < 4.78 is 26.9. The zero-order valence-corrected chi connectivity index (χ0v) is 13.2. The highest BCUT2D eigenvalue weighted by molar-refractivity contribution is 9.10. The van der Waals surface area contributed by atoms with Gasteiger partial charge in [0.1, 0.15) is 0 Å². The first kappa shape index (κ1) is 15.9. The van der Waals surface area contributed by atoms with E-state index in [0.717, 1.165) is 24.0 Å². The summed E-state index contributed by atoms with van der Waals surface area (Å²) in [5.74, 6) is 0. The van der Waals surface area contributed by atoms with Crippen LogP contribution in [0, 0.1) is 0 Å². The van der Waals surface area contributed by atoms with Gasteiger partial charge in [0, 0.05) is 24.1 Å². The van der Waals surface area contributed by atoms with Crippen molar-refractivity contribution in [1.82, 2.24) is 9.62 Å². The summed E-state index contributed by atoms with van der Waals surface area (Å²) >= 11 is 3.29. The Morgan fingerprint density at radius 3 is 2.72 bits per heavy atom. The van der Waals surface area contributed by atoms with Crippen LogP contribution >= 0.6 is 28.3 Å². The first-order valence-electron chi connectivity index (χ1n) is 5.46. The number of benzene rings is 1. The lowest BCUT2D eigenvalue weighted by atomic mass is 10.3. The molecule has 0 aliphatic carbocycles. The van der Waals surface area contributed by atoms with Crippen LogP contribution < -0.4 is 5.32 Å². The molecule has 1 aromatic rings. The van der Waals surface area contributed by atoms with E-state index >= 15 is 0 Å². The third-order valence-electron chi connectivity index (χ3n) is 3.02. The van der Waals surface area contributed by atoms with Crippen LogP contribution in [-0.4, -0.2) is 38.9 Å². The molecule has 0 spiro atoms. The molecule has 4 nitrogen and oxygen atoms in total. The molecule has 1 aliphatic rings. The van der Waals surface area contributed by atoms with Crippen LogP contribution in [0.2, 0.25) is 0 Å². The molecule has 1 fully saturated rings. The van der Waals surface area contributed by atoms with Crippen LogP contribution in [0.15, 0.2) is 33.6 Å². The summed E-state index contributed by atoms with van der Waals surface area (Å²) in [6.07, 6.45) is 0.865. The van der Waals surface area contributed by atoms with Crippen LogP contribution in [0.25, 0.3) is 0 Å². The zero-order valence-electron chi connectivity index (χ0n) is 9.97.